The largest absolute Gasteiger partial charge is 0.352 e. The summed E-state index contributed by atoms with van der Waals surface area (Å²) >= 11 is 0. The molecule has 0 spiro atoms. The number of benzene rings is 2. The van der Waals surface area contributed by atoms with Gasteiger partial charge in [-0.1, -0.05) is 36.4 Å². The maximum absolute atomic E-state index is 12.5. The van der Waals surface area contributed by atoms with Gasteiger partial charge in [-0.2, -0.15) is 0 Å². The summed E-state index contributed by atoms with van der Waals surface area (Å²) in [5, 5.41) is 7.95. The summed E-state index contributed by atoms with van der Waals surface area (Å²) in [6, 6.07) is 14.0. The fourth-order valence-corrected chi connectivity index (χ4v) is 4.14. The van der Waals surface area contributed by atoms with Gasteiger partial charge in [0.15, 0.2) is 0 Å². The minimum atomic E-state index is -3.72. The van der Waals surface area contributed by atoms with Gasteiger partial charge < -0.3 is 5.32 Å². The summed E-state index contributed by atoms with van der Waals surface area (Å²) in [7, 11) is -3.72. The third-order valence-electron chi connectivity index (χ3n) is 5.50. The third kappa shape index (κ3) is 5.52. The normalized spacial score (nSPS) is 17.9. The van der Waals surface area contributed by atoms with Gasteiger partial charge in [0.1, 0.15) is 5.78 Å². The number of primary sulfonamides is 1. The summed E-state index contributed by atoms with van der Waals surface area (Å²) in [5.74, 6) is 0.0706. The molecular formula is C22H26N2O4S. The van der Waals surface area contributed by atoms with Crippen LogP contribution in [0, 0.1) is 5.92 Å². The molecule has 0 unspecified atom stereocenters. The maximum Gasteiger partial charge on any atom is 0.238 e. The number of ketones is 1. The van der Waals surface area contributed by atoms with E-state index in [4.69, 9.17) is 5.14 Å². The van der Waals surface area contributed by atoms with Gasteiger partial charge in [-0.25, -0.2) is 13.6 Å². The van der Waals surface area contributed by atoms with Gasteiger partial charge in [-0.15, -0.1) is 0 Å². The topological polar surface area (TPSA) is 106 Å². The fraction of sp³-hybridized carbons (Fsp3) is 0.364. The first kappa shape index (κ1) is 21.2. The number of carbonyl (C=O) groups is 2. The third-order valence-corrected chi connectivity index (χ3v) is 6.43. The fourth-order valence-electron chi connectivity index (χ4n) is 3.62. The minimum absolute atomic E-state index is 0.0420. The molecule has 0 aliphatic heterocycles. The second kappa shape index (κ2) is 8.88. The summed E-state index contributed by atoms with van der Waals surface area (Å²) in [6.07, 6.45) is 3.43. The predicted octanol–water partition coefficient (Wildman–Crippen LogP) is 2.67. The van der Waals surface area contributed by atoms with Crippen molar-refractivity contribution in [2.24, 2.45) is 11.1 Å². The number of nitrogens with two attached hydrogens (primary N) is 1. The molecule has 3 rings (SSSR count). The smallest absolute Gasteiger partial charge is 0.238 e. The Morgan fingerprint density at radius 1 is 1.10 bits per heavy atom. The zero-order chi connectivity index (χ0) is 21.0. The van der Waals surface area contributed by atoms with Crippen LogP contribution >= 0.6 is 0 Å². The Morgan fingerprint density at radius 2 is 1.72 bits per heavy atom. The molecule has 2 atom stereocenters. The Balaban J connectivity index is 1.55. The number of nitrogens with one attached hydrogen (secondary N) is 1. The van der Waals surface area contributed by atoms with Crippen LogP contribution in [0.15, 0.2) is 53.4 Å². The molecule has 7 heteroatoms. The van der Waals surface area contributed by atoms with E-state index in [1.54, 1.807) is 12.1 Å². The average Bonchev–Trinajstić information content (AvgIpc) is 3.10. The number of amides is 1. The second-order valence-corrected chi connectivity index (χ2v) is 9.19. The van der Waals surface area contributed by atoms with E-state index < -0.39 is 10.0 Å². The molecule has 1 aliphatic rings. The summed E-state index contributed by atoms with van der Waals surface area (Å²) < 4.78 is 22.6. The Hall–Kier alpha value is -2.51. The van der Waals surface area contributed by atoms with Crippen LogP contribution in [0.3, 0.4) is 0 Å². The Morgan fingerprint density at radius 3 is 2.28 bits per heavy atom. The summed E-state index contributed by atoms with van der Waals surface area (Å²) in [6.45, 7) is 2.14. The first-order valence-electron chi connectivity index (χ1n) is 9.75. The lowest BCUT2D eigenvalue weighted by Crippen LogP contribution is -2.27. The highest BCUT2D eigenvalue weighted by Gasteiger charge is 2.24. The van der Waals surface area contributed by atoms with Crippen molar-refractivity contribution >= 4 is 21.7 Å². The van der Waals surface area contributed by atoms with E-state index in [1.165, 1.54) is 12.1 Å². The van der Waals surface area contributed by atoms with Crippen LogP contribution in [0.4, 0.5) is 0 Å². The van der Waals surface area contributed by atoms with Gasteiger partial charge in [0.2, 0.25) is 15.9 Å². The lowest BCUT2D eigenvalue weighted by molar-refractivity contribution is -0.122. The number of hydrogen-bond donors (Lipinski definition) is 2. The van der Waals surface area contributed by atoms with Crippen molar-refractivity contribution in [2.75, 3.05) is 0 Å². The van der Waals surface area contributed by atoms with Crippen LogP contribution in [0.25, 0.3) is 0 Å². The molecule has 154 valence electrons. The zero-order valence-corrected chi connectivity index (χ0v) is 17.2. The van der Waals surface area contributed by atoms with Gasteiger partial charge in [0, 0.05) is 18.9 Å². The molecule has 1 aliphatic carbocycles. The molecule has 29 heavy (non-hydrogen) atoms. The second-order valence-electron chi connectivity index (χ2n) is 7.63. The van der Waals surface area contributed by atoms with Crippen LogP contribution in [0.1, 0.15) is 48.8 Å². The SMILES string of the molecule is C[C@H](C(=O)NCc1ccc(S(N)(=O)=O)cc1)c1ccc(C[C@@H]2CCCC2=O)cc1. The van der Waals surface area contributed by atoms with Crippen LogP contribution in [0.2, 0.25) is 0 Å². The molecule has 0 saturated heterocycles. The number of rotatable bonds is 7. The Bertz CT molecular complexity index is 982. The molecule has 6 nitrogen and oxygen atoms in total. The Labute approximate surface area is 171 Å². The van der Waals surface area contributed by atoms with Crippen LogP contribution in [-0.2, 0) is 32.6 Å². The molecule has 1 fully saturated rings. The summed E-state index contributed by atoms with van der Waals surface area (Å²) in [5.41, 5.74) is 2.82. The standard InChI is InChI=1S/C22H26N2O4S/c1-15(18-9-5-16(6-10-18)13-19-3-2-4-21(19)25)22(26)24-14-17-7-11-20(12-8-17)29(23,27)28/h5-12,15,19H,2-4,13-14H2,1H3,(H,24,26)(H2,23,27,28)/t15-,19-/m0/s1. The van der Waals surface area contributed by atoms with Crippen LogP contribution in [-0.4, -0.2) is 20.1 Å². The van der Waals surface area contributed by atoms with E-state index in [0.717, 1.165) is 36.0 Å². The highest BCUT2D eigenvalue weighted by Crippen LogP contribution is 2.26. The summed E-state index contributed by atoms with van der Waals surface area (Å²) in [4.78, 5) is 24.3. The number of sulfonamides is 1. The van der Waals surface area contributed by atoms with Crippen molar-refractivity contribution in [3.8, 4) is 0 Å². The van der Waals surface area contributed by atoms with Crippen molar-refractivity contribution in [1.29, 1.82) is 0 Å². The molecule has 2 aromatic rings. The van der Waals surface area contributed by atoms with E-state index in [2.05, 4.69) is 5.32 Å². The van der Waals surface area contributed by atoms with Crippen molar-refractivity contribution in [2.45, 2.75) is 50.0 Å². The molecule has 0 heterocycles. The number of carbonyl (C=O) groups excluding carboxylic acids is 2. The Kier molecular flexibility index (Phi) is 6.49. The lowest BCUT2D eigenvalue weighted by atomic mass is 9.94. The highest BCUT2D eigenvalue weighted by molar-refractivity contribution is 7.89. The molecule has 0 bridgehead atoms. The first-order chi connectivity index (χ1) is 13.7. The molecule has 0 radical (unpaired) electrons. The van der Waals surface area contributed by atoms with Gasteiger partial charge in [-0.05, 0) is 55.0 Å². The van der Waals surface area contributed by atoms with Crippen LogP contribution in [0.5, 0.6) is 0 Å². The van der Waals surface area contributed by atoms with Gasteiger partial charge in [0.25, 0.3) is 0 Å². The molecule has 1 amide bonds. The number of hydrogen-bond acceptors (Lipinski definition) is 4. The monoisotopic (exact) mass is 414 g/mol. The molecular weight excluding hydrogens is 388 g/mol. The van der Waals surface area contributed by atoms with Crippen LogP contribution < -0.4 is 10.5 Å². The van der Waals surface area contributed by atoms with E-state index in [1.807, 2.05) is 31.2 Å². The zero-order valence-electron chi connectivity index (χ0n) is 16.4. The predicted molar refractivity (Wildman–Crippen MR) is 111 cm³/mol. The van der Waals surface area contributed by atoms with E-state index in [0.29, 0.717) is 18.7 Å². The lowest BCUT2D eigenvalue weighted by Gasteiger charge is -2.14. The minimum Gasteiger partial charge on any atom is -0.352 e. The van der Waals surface area contributed by atoms with Crippen molar-refractivity contribution in [3.05, 3.63) is 65.2 Å². The molecule has 0 aromatic heterocycles. The first-order valence-corrected chi connectivity index (χ1v) is 11.3. The van der Waals surface area contributed by atoms with Crippen molar-refractivity contribution in [3.63, 3.8) is 0 Å². The maximum atomic E-state index is 12.5. The molecule has 3 N–H and O–H groups in total. The molecule has 2 aromatic carbocycles. The van der Waals surface area contributed by atoms with E-state index in [9.17, 15) is 18.0 Å². The number of Topliss-reactive ketones (excluding diaryl/α,β-unsaturated/α-hetero) is 1. The van der Waals surface area contributed by atoms with Gasteiger partial charge in [-0.3, -0.25) is 9.59 Å². The average molecular weight is 415 g/mol. The van der Waals surface area contributed by atoms with Gasteiger partial charge in [0.05, 0.1) is 10.8 Å². The van der Waals surface area contributed by atoms with E-state index >= 15 is 0 Å². The van der Waals surface area contributed by atoms with E-state index in [-0.39, 0.29) is 22.6 Å². The quantitative estimate of drug-likeness (QED) is 0.726. The van der Waals surface area contributed by atoms with Crippen molar-refractivity contribution in [1.82, 2.24) is 5.32 Å². The highest BCUT2D eigenvalue weighted by atomic mass is 32.2. The van der Waals surface area contributed by atoms with Gasteiger partial charge >= 0.3 is 0 Å². The van der Waals surface area contributed by atoms with Crippen molar-refractivity contribution < 1.29 is 18.0 Å². The molecule has 1 saturated carbocycles.